The first-order chi connectivity index (χ1) is 12.3. The summed E-state index contributed by atoms with van der Waals surface area (Å²) in [7, 11) is 0. The highest BCUT2D eigenvalue weighted by Crippen LogP contribution is 2.23. The fraction of sp³-hybridized carbons (Fsp3) is 0.0952. The van der Waals surface area contributed by atoms with Crippen molar-refractivity contribution in [2.45, 2.75) is 0 Å². The molecule has 0 fully saturated rings. The predicted octanol–water partition coefficient (Wildman–Crippen LogP) is 4.75. The second kappa shape index (κ2) is 8.55. The molecule has 4 nitrogen and oxygen atoms in total. The average Bonchev–Trinajstić information content (AvgIpc) is 2.68. The SMILES string of the molecule is O=Cc1ccc(OCCOc2ccc(Oc3ccccc3)cc2)cc1. The monoisotopic (exact) mass is 334 g/mol. The van der Waals surface area contributed by atoms with Crippen LogP contribution in [0.4, 0.5) is 0 Å². The first-order valence-electron chi connectivity index (χ1n) is 7.97. The maximum atomic E-state index is 10.6. The summed E-state index contributed by atoms with van der Waals surface area (Å²) < 4.78 is 16.9. The second-order valence-electron chi connectivity index (χ2n) is 5.27. The van der Waals surface area contributed by atoms with Crippen LogP contribution in [0.3, 0.4) is 0 Å². The van der Waals surface area contributed by atoms with Gasteiger partial charge in [0.15, 0.2) is 0 Å². The van der Waals surface area contributed by atoms with Crippen molar-refractivity contribution in [1.82, 2.24) is 0 Å². The Bertz CT molecular complexity index is 780. The van der Waals surface area contributed by atoms with E-state index in [-0.39, 0.29) is 0 Å². The molecule has 3 aromatic carbocycles. The van der Waals surface area contributed by atoms with Crippen LogP contribution in [0.1, 0.15) is 10.4 Å². The molecule has 25 heavy (non-hydrogen) atoms. The van der Waals surface area contributed by atoms with Gasteiger partial charge in [0.05, 0.1) is 0 Å². The van der Waals surface area contributed by atoms with Crippen molar-refractivity contribution < 1.29 is 19.0 Å². The van der Waals surface area contributed by atoms with Crippen LogP contribution in [0.15, 0.2) is 78.9 Å². The fourth-order valence-corrected chi connectivity index (χ4v) is 2.19. The molecule has 0 aliphatic carbocycles. The van der Waals surface area contributed by atoms with Gasteiger partial charge in [-0.1, -0.05) is 18.2 Å². The molecule has 0 saturated heterocycles. The summed E-state index contributed by atoms with van der Waals surface area (Å²) in [5.41, 5.74) is 0.626. The Balaban J connectivity index is 1.43. The normalized spacial score (nSPS) is 10.1. The zero-order valence-corrected chi connectivity index (χ0v) is 13.6. The number of aldehydes is 1. The fourth-order valence-electron chi connectivity index (χ4n) is 2.19. The van der Waals surface area contributed by atoms with Gasteiger partial charge >= 0.3 is 0 Å². The third-order valence-corrected chi connectivity index (χ3v) is 3.44. The zero-order valence-electron chi connectivity index (χ0n) is 13.6. The maximum Gasteiger partial charge on any atom is 0.150 e. The second-order valence-corrected chi connectivity index (χ2v) is 5.27. The van der Waals surface area contributed by atoms with E-state index >= 15 is 0 Å². The molecule has 0 spiro atoms. The summed E-state index contributed by atoms with van der Waals surface area (Å²) >= 11 is 0. The largest absolute Gasteiger partial charge is 0.490 e. The van der Waals surface area contributed by atoms with Gasteiger partial charge in [-0.3, -0.25) is 4.79 Å². The number of carbonyl (C=O) groups is 1. The Labute approximate surface area is 146 Å². The summed E-state index contributed by atoms with van der Waals surface area (Å²) in [5, 5.41) is 0. The highest BCUT2D eigenvalue weighted by molar-refractivity contribution is 5.74. The molecule has 0 N–H and O–H groups in total. The van der Waals surface area contributed by atoms with Crippen LogP contribution in [0.5, 0.6) is 23.0 Å². The van der Waals surface area contributed by atoms with Crippen molar-refractivity contribution >= 4 is 6.29 Å². The van der Waals surface area contributed by atoms with E-state index in [1.54, 1.807) is 24.3 Å². The molecule has 0 heterocycles. The van der Waals surface area contributed by atoms with Crippen molar-refractivity contribution in [3.8, 4) is 23.0 Å². The molecule has 0 amide bonds. The minimum atomic E-state index is 0.419. The first kappa shape index (κ1) is 16.6. The highest BCUT2D eigenvalue weighted by Gasteiger charge is 1.99. The number of para-hydroxylation sites is 1. The number of ether oxygens (including phenoxy) is 3. The molecule has 0 bridgehead atoms. The molecule has 0 radical (unpaired) electrons. The third-order valence-electron chi connectivity index (χ3n) is 3.44. The van der Waals surface area contributed by atoms with Crippen molar-refractivity contribution in [2.75, 3.05) is 13.2 Å². The first-order valence-corrected chi connectivity index (χ1v) is 7.97. The summed E-state index contributed by atoms with van der Waals surface area (Å²) in [5.74, 6) is 3.01. The summed E-state index contributed by atoms with van der Waals surface area (Å²) in [6, 6.07) is 24.0. The van der Waals surface area contributed by atoms with Gasteiger partial charge in [-0.25, -0.2) is 0 Å². The summed E-state index contributed by atoms with van der Waals surface area (Å²) in [6.07, 6.45) is 0.804. The number of benzene rings is 3. The lowest BCUT2D eigenvalue weighted by Gasteiger charge is -2.09. The van der Waals surface area contributed by atoms with E-state index in [2.05, 4.69) is 0 Å². The van der Waals surface area contributed by atoms with E-state index in [0.717, 1.165) is 23.5 Å². The van der Waals surface area contributed by atoms with Crippen LogP contribution in [0.2, 0.25) is 0 Å². The zero-order chi connectivity index (χ0) is 17.3. The van der Waals surface area contributed by atoms with Gasteiger partial charge in [0, 0.05) is 5.56 Å². The summed E-state index contributed by atoms with van der Waals surface area (Å²) in [4.78, 5) is 10.6. The minimum absolute atomic E-state index is 0.419. The van der Waals surface area contributed by atoms with E-state index in [1.165, 1.54) is 0 Å². The molecular weight excluding hydrogens is 316 g/mol. The van der Waals surface area contributed by atoms with Gasteiger partial charge in [0.1, 0.15) is 42.5 Å². The molecular formula is C21H18O4. The Morgan fingerprint density at radius 1 is 0.600 bits per heavy atom. The van der Waals surface area contributed by atoms with Crippen LogP contribution < -0.4 is 14.2 Å². The molecule has 0 saturated carbocycles. The molecule has 0 unspecified atom stereocenters. The molecule has 4 heteroatoms. The molecule has 0 aromatic heterocycles. The van der Waals surface area contributed by atoms with Gasteiger partial charge < -0.3 is 14.2 Å². The number of hydrogen-bond acceptors (Lipinski definition) is 4. The Hall–Kier alpha value is -3.27. The Kier molecular flexibility index (Phi) is 5.67. The maximum absolute atomic E-state index is 10.6. The van der Waals surface area contributed by atoms with Gasteiger partial charge in [-0.2, -0.15) is 0 Å². The number of carbonyl (C=O) groups excluding carboxylic acids is 1. The van der Waals surface area contributed by atoms with Crippen LogP contribution in [0.25, 0.3) is 0 Å². The smallest absolute Gasteiger partial charge is 0.150 e. The van der Waals surface area contributed by atoms with Crippen LogP contribution in [-0.2, 0) is 0 Å². The number of rotatable bonds is 8. The molecule has 0 aliphatic heterocycles. The quantitative estimate of drug-likeness (QED) is 0.440. The lowest BCUT2D eigenvalue weighted by atomic mass is 10.2. The average molecular weight is 334 g/mol. The van der Waals surface area contributed by atoms with Crippen molar-refractivity contribution in [2.24, 2.45) is 0 Å². The number of hydrogen-bond donors (Lipinski definition) is 0. The van der Waals surface area contributed by atoms with Crippen LogP contribution >= 0.6 is 0 Å². The summed E-state index contributed by atoms with van der Waals surface area (Å²) in [6.45, 7) is 0.844. The molecule has 3 aromatic rings. The van der Waals surface area contributed by atoms with E-state index in [1.807, 2.05) is 54.6 Å². The molecule has 126 valence electrons. The minimum Gasteiger partial charge on any atom is -0.490 e. The van der Waals surface area contributed by atoms with Crippen molar-refractivity contribution in [1.29, 1.82) is 0 Å². The Morgan fingerprint density at radius 2 is 1.08 bits per heavy atom. The highest BCUT2D eigenvalue weighted by atomic mass is 16.5. The predicted molar refractivity (Wildman–Crippen MR) is 95.8 cm³/mol. The molecule has 0 atom stereocenters. The van der Waals surface area contributed by atoms with Crippen LogP contribution in [-0.4, -0.2) is 19.5 Å². The van der Waals surface area contributed by atoms with Crippen molar-refractivity contribution in [3.05, 3.63) is 84.4 Å². The Morgan fingerprint density at radius 3 is 1.64 bits per heavy atom. The van der Waals surface area contributed by atoms with E-state index in [9.17, 15) is 4.79 Å². The molecule has 3 rings (SSSR count). The van der Waals surface area contributed by atoms with E-state index in [0.29, 0.717) is 24.5 Å². The van der Waals surface area contributed by atoms with Gasteiger partial charge in [-0.05, 0) is 60.7 Å². The molecule has 0 aliphatic rings. The van der Waals surface area contributed by atoms with E-state index in [4.69, 9.17) is 14.2 Å². The lowest BCUT2D eigenvalue weighted by molar-refractivity contribution is 0.112. The van der Waals surface area contributed by atoms with Gasteiger partial charge in [0.2, 0.25) is 0 Å². The van der Waals surface area contributed by atoms with Crippen molar-refractivity contribution in [3.63, 3.8) is 0 Å². The standard InChI is InChI=1S/C21H18O4/c22-16-17-6-8-18(9-7-17)23-14-15-24-19-10-12-21(13-11-19)25-20-4-2-1-3-5-20/h1-13,16H,14-15H2. The van der Waals surface area contributed by atoms with Crippen LogP contribution in [0, 0.1) is 0 Å². The van der Waals surface area contributed by atoms with E-state index < -0.39 is 0 Å². The lowest BCUT2D eigenvalue weighted by Crippen LogP contribution is -2.08. The third kappa shape index (κ3) is 5.11. The topological polar surface area (TPSA) is 44.8 Å². The van der Waals surface area contributed by atoms with Gasteiger partial charge in [0.25, 0.3) is 0 Å². The van der Waals surface area contributed by atoms with Gasteiger partial charge in [-0.15, -0.1) is 0 Å².